The highest BCUT2D eigenvalue weighted by molar-refractivity contribution is 7.14. The van der Waals surface area contributed by atoms with Crippen molar-refractivity contribution in [3.8, 4) is 22.9 Å². The van der Waals surface area contributed by atoms with Gasteiger partial charge in [0.1, 0.15) is 28.8 Å². The molecule has 3 heterocycles. The smallest absolute Gasteiger partial charge is 0.332 e. The zero-order valence-electron chi connectivity index (χ0n) is 21.8. The first-order valence-corrected chi connectivity index (χ1v) is 13.3. The van der Waals surface area contributed by atoms with Crippen molar-refractivity contribution in [3.63, 3.8) is 0 Å². The van der Waals surface area contributed by atoms with Crippen molar-refractivity contribution >= 4 is 45.2 Å². The minimum atomic E-state index is -1.05. The number of nitrogens with zero attached hydrogens (tertiary/aromatic N) is 2. The van der Waals surface area contributed by atoms with Crippen molar-refractivity contribution in [2.75, 3.05) is 26.1 Å². The van der Waals surface area contributed by atoms with E-state index in [4.69, 9.17) is 19.2 Å². The first kappa shape index (κ1) is 26.6. The lowest BCUT2D eigenvalue weighted by Gasteiger charge is -2.19. The minimum Gasteiger partial charge on any atom is -0.497 e. The van der Waals surface area contributed by atoms with Crippen LogP contribution in [0.5, 0.6) is 11.5 Å². The van der Waals surface area contributed by atoms with Crippen molar-refractivity contribution in [3.05, 3.63) is 42.3 Å². The molecule has 1 aliphatic carbocycles. The Morgan fingerprint density at radius 1 is 1.21 bits per heavy atom. The maximum absolute atomic E-state index is 13.0. The molecule has 2 aliphatic rings. The number of carbonyl (C=O) groups excluding carboxylic acids is 3. The van der Waals surface area contributed by atoms with Crippen LogP contribution in [0, 0.1) is 5.92 Å². The molecule has 1 saturated carbocycles. The number of rotatable bonds is 9. The summed E-state index contributed by atoms with van der Waals surface area (Å²) in [5.74, 6) is 0.113. The predicted octanol–water partition coefficient (Wildman–Crippen LogP) is 2.67. The van der Waals surface area contributed by atoms with E-state index >= 15 is 0 Å². The summed E-state index contributed by atoms with van der Waals surface area (Å²) < 4.78 is 16.7. The van der Waals surface area contributed by atoms with E-state index in [1.54, 1.807) is 19.3 Å². The number of hydrogen-bond donors (Lipinski definition) is 3. The number of aromatic nitrogens is 2. The fourth-order valence-electron chi connectivity index (χ4n) is 4.79. The average molecular weight is 552 g/mol. The number of nitrogens with one attached hydrogen (secondary N) is 3. The summed E-state index contributed by atoms with van der Waals surface area (Å²) in [6, 6.07) is 6.79. The fourth-order valence-corrected chi connectivity index (χ4v) is 5.55. The third kappa shape index (κ3) is 5.30. The molecule has 11 nitrogen and oxygen atoms in total. The van der Waals surface area contributed by atoms with Gasteiger partial charge in [0.2, 0.25) is 11.8 Å². The average Bonchev–Trinajstić information content (AvgIpc) is 3.21. The van der Waals surface area contributed by atoms with Crippen LogP contribution in [0.4, 0.5) is 5.13 Å². The Balaban J connectivity index is 1.36. The van der Waals surface area contributed by atoms with Crippen LogP contribution in [0.25, 0.3) is 22.3 Å². The van der Waals surface area contributed by atoms with Crippen LogP contribution in [0.15, 0.2) is 42.3 Å². The van der Waals surface area contributed by atoms with Gasteiger partial charge in [0.25, 0.3) is 0 Å². The molecule has 0 unspecified atom stereocenters. The Kier molecular flexibility index (Phi) is 7.23. The number of thiazole rings is 1. The van der Waals surface area contributed by atoms with E-state index in [-0.39, 0.29) is 23.8 Å². The predicted molar refractivity (Wildman–Crippen MR) is 146 cm³/mol. The maximum Gasteiger partial charge on any atom is 0.332 e. The summed E-state index contributed by atoms with van der Waals surface area (Å²) in [5.41, 5.74) is 0.769. The number of pyridine rings is 1. The monoisotopic (exact) mass is 551 g/mol. The SMILES string of the molecule is C=C[C@H]1C[C@]1(NC(=O)[C@@H]1C[C@@H](Oc2cc(-c3csc(NC(C)=O)n3)nc3cc(OC)ccc23)CN1)C(=O)OC. The van der Waals surface area contributed by atoms with Gasteiger partial charge in [-0.2, -0.15) is 0 Å². The highest BCUT2D eigenvalue weighted by Crippen LogP contribution is 2.45. The van der Waals surface area contributed by atoms with Crippen LogP contribution in [0.1, 0.15) is 19.8 Å². The van der Waals surface area contributed by atoms with E-state index < -0.39 is 17.6 Å². The van der Waals surface area contributed by atoms with Gasteiger partial charge < -0.3 is 30.2 Å². The van der Waals surface area contributed by atoms with E-state index in [0.717, 1.165) is 5.39 Å². The second-order valence-electron chi connectivity index (χ2n) is 9.54. The van der Waals surface area contributed by atoms with Gasteiger partial charge in [0, 0.05) is 48.7 Å². The molecule has 0 radical (unpaired) electrons. The van der Waals surface area contributed by atoms with Gasteiger partial charge >= 0.3 is 5.97 Å². The van der Waals surface area contributed by atoms with E-state index in [1.807, 2.05) is 23.6 Å². The summed E-state index contributed by atoms with van der Waals surface area (Å²) in [7, 11) is 2.89. The molecule has 2 amide bonds. The van der Waals surface area contributed by atoms with Crippen LogP contribution >= 0.6 is 11.3 Å². The number of hydrogen-bond acceptors (Lipinski definition) is 10. The zero-order valence-corrected chi connectivity index (χ0v) is 22.6. The van der Waals surface area contributed by atoms with Gasteiger partial charge in [-0.25, -0.2) is 14.8 Å². The largest absolute Gasteiger partial charge is 0.497 e. The number of ether oxygens (including phenoxy) is 3. The second-order valence-corrected chi connectivity index (χ2v) is 10.4. The van der Waals surface area contributed by atoms with Crippen molar-refractivity contribution in [2.45, 2.75) is 37.5 Å². The molecule has 2 aromatic heterocycles. The lowest BCUT2D eigenvalue weighted by atomic mass is 10.1. The molecule has 1 saturated heterocycles. The Hall–Kier alpha value is -4.03. The Labute approximate surface area is 228 Å². The number of methoxy groups -OCH3 is 2. The highest BCUT2D eigenvalue weighted by atomic mass is 32.1. The van der Waals surface area contributed by atoms with Crippen LogP contribution in [-0.2, 0) is 19.1 Å². The summed E-state index contributed by atoms with van der Waals surface area (Å²) in [6.07, 6.45) is 2.22. The Morgan fingerprint density at radius 2 is 2.03 bits per heavy atom. The molecular formula is C27H29N5O6S. The lowest BCUT2D eigenvalue weighted by Crippen LogP contribution is -2.51. The van der Waals surface area contributed by atoms with Gasteiger partial charge in [0.05, 0.1) is 31.5 Å². The molecule has 3 N–H and O–H groups in total. The van der Waals surface area contributed by atoms with Crippen molar-refractivity contribution in [1.82, 2.24) is 20.6 Å². The molecule has 0 bridgehead atoms. The zero-order chi connectivity index (χ0) is 27.7. The molecule has 0 spiro atoms. The van der Waals surface area contributed by atoms with E-state index in [1.165, 1.54) is 25.4 Å². The van der Waals surface area contributed by atoms with Crippen molar-refractivity contribution < 1.29 is 28.6 Å². The van der Waals surface area contributed by atoms with Crippen molar-refractivity contribution in [1.29, 1.82) is 0 Å². The number of amides is 2. The number of benzene rings is 1. The quantitative estimate of drug-likeness (QED) is 0.270. The first-order chi connectivity index (χ1) is 18.8. The summed E-state index contributed by atoms with van der Waals surface area (Å²) >= 11 is 1.30. The number of anilines is 1. The molecule has 1 aromatic carbocycles. The van der Waals surface area contributed by atoms with Gasteiger partial charge in [-0.15, -0.1) is 17.9 Å². The van der Waals surface area contributed by atoms with Crippen LogP contribution < -0.4 is 25.4 Å². The maximum atomic E-state index is 13.0. The molecular weight excluding hydrogens is 522 g/mol. The third-order valence-corrected chi connectivity index (χ3v) is 7.68. The summed E-state index contributed by atoms with van der Waals surface area (Å²) in [4.78, 5) is 46.0. The highest BCUT2D eigenvalue weighted by Gasteiger charge is 2.61. The van der Waals surface area contributed by atoms with E-state index in [2.05, 4.69) is 27.5 Å². The molecule has 1 aliphatic heterocycles. The van der Waals surface area contributed by atoms with E-state index in [0.29, 0.717) is 52.9 Å². The minimum absolute atomic E-state index is 0.155. The van der Waals surface area contributed by atoms with Crippen LogP contribution in [0.3, 0.4) is 0 Å². The molecule has 2 fully saturated rings. The number of carbonyl (C=O) groups is 3. The molecule has 12 heteroatoms. The molecule has 4 atom stereocenters. The standard InChI is InChI=1S/C27H29N5O6S/c1-5-15-11-27(15,25(35)37-4)32-24(34)21-9-17(12-28-21)38-23-10-20(22-13-39-26(31-22)29-14(2)33)30-19-8-16(36-3)6-7-18(19)23/h5-8,10,13,15,17,21,28H,1,9,11-12H2,2-4H3,(H,32,34)(H,29,31,33)/t15-,17+,21-,27+/m0/s1. The molecule has 3 aromatic rings. The third-order valence-electron chi connectivity index (χ3n) is 6.92. The second kappa shape index (κ2) is 10.6. The molecule has 5 rings (SSSR count). The lowest BCUT2D eigenvalue weighted by molar-refractivity contribution is -0.147. The Bertz CT molecular complexity index is 1460. The normalized spacial score (nSPS) is 23.6. The van der Waals surface area contributed by atoms with Gasteiger partial charge in [-0.05, 0) is 18.6 Å². The summed E-state index contributed by atoms with van der Waals surface area (Å²) in [5, 5.41) is 11.8. The summed E-state index contributed by atoms with van der Waals surface area (Å²) in [6.45, 7) is 5.61. The topological polar surface area (TPSA) is 141 Å². The fraction of sp³-hybridized carbons (Fsp3) is 0.370. The van der Waals surface area contributed by atoms with Crippen LogP contribution in [0.2, 0.25) is 0 Å². The van der Waals surface area contributed by atoms with Gasteiger partial charge in [0.15, 0.2) is 5.13 Å². The number of fused-ring (bicyclic) bond motifs is 1. The van der Waals surface area contributed by atoms with Crippen LogP contribution in [-0.4, -0.2) is 66.2 Å². The van der Waals surface area contributed by atoms with Crippen molar-refractivity contribution in [2.24, 2.45) is 5.92 Å². The molecule has 204 valence electrons. The number of esters is 1. The molecule has 39 heavy (non-hydrogen) atoms. The van der Waals surface area contributed by atoms with Gasteiger partial charge in [-0.1, -0.05) is 6.08 Å². The Morgan fingerprint density at radius 3 is 2.72 bits per heavy atom. The van der Waals surface area contributed by atoms with Gasteiger partial charge in [-0.3, -0.25) is 9.59 Å². The van der Waals surface area contributed by atoms with E-state index in [9.17, 15) is 14.4 Å². The first-order valence-electron chi connectivity index (χ1n) is 12.4.